The molecule has 1 saturated heterocycles. The van der Waals surface area contributed by atoms with Gasteiger partial charge in [-0.05, 0) is 19.4 Å². The lowest BCUT2D eigenvalue weighted by Crippen LogP contribution is -2.56. The van der Waals surface area contributed by atoms with Gasteiger partial charge in [0.05, 0.1) is 19.1 Å². The number of nitrogens with two attached hydrogens (primary N) is 1. The quantitative estimate of drug-likeness (QED) is 0.272. The van der Waals surface area contributed by atoms with E-state index in [9.17, 15) is 24.3 Å². The summed E-state index contributed by atoms with van der Waals surface area (Å²) in [6.07, 6.45) is 0.857. The summed E-state index contributed by atoms with van der Waals surface area (Å²) in [5.74, 6) is -3.68. The number of aliphatic carboxylic acids is 1. The maximum absolute atomic E-state index is 11.9. The highest BCUT2D eigenvalue weighted by Gasteiger charge is 2.29. The lowest BCUT2D eigenvalue weighted by molar-refractivity contribution is -0.144. The maximum atomic E-state index is 11.9. The van der Waals surface area contributed by atoms with Gasteiger partial charge < -0.3 is 31.9 Å². The van der Waals surface area contributed by atoms with Crippen molar-refractivity contribution in [2.75, 3.05) is 13.2 Å². The molecule has 7 N–H and O–H groups in total. The van der Waals surface area contributed by atoms with Crippen LogP contribution in [0.2, 0.25) is 0 Å². The fourth-order valence-electron chi connectivity index (χ4n) is 2.05. The summed E-state index contributed by atoms with van der Waals surface area (Å²) in [6, 6.07) is -3.26. The number of carboxylic acids is 1. The number of nitrogens with one attached hydrogen (secondary N) is 3. The average Bonchev–Trinajstić information content (AvgIpc) is 2.97. The van der Waals surface area contributed by atoms with Crippen LogP contribution in [-0.4, -0.2) is 65.2 Å². The van der Waals surface area contributed by atoms with E-state index in [1.807, 2.05) is 0 Å². The fourth-order valence-corrected chi connectivity index (χ4v) is 2.05. The van der Waals surface area contributed by atoms with Crippen LogP contribution >= 0.6 is 0 Å². The van der Waals surface area contributed by atoms with Crippen molar-refractivity contribution in [2.24, 2.45) is 5.73 Å². The van der Waals surface area contributed by atoms with Crippen LogP contribution in [0.5, 0.6) is 0 Å². The maximum Gasteiger partial charge on any atom is 0.326 e. The first-order valence-electron chi connectivity index (χ1n) is 6.81. The van der Waals surface area contributed by atoms with Gasteiger partial charge in [-0.3, -0.25) is 14.4 Å². The third-order valence-electron chi connectivity index (χ3n) is 3.21. The Balaban J connectivity index is 2.60. The molecule has 1 fully saturated rings. The predicted octanol–water partition coefficient (Wildman–Crippen LogP) is -3.34. The molecule has 3 unspecified atom stereocenters. The zero-order chi connectivity index (χ0) is 16.7. The Hall–Kier alpha value is -2.20. The molecule has 10 heteroatoms. The van der Waals surface area contributed by atoms with Gasteiger partial charge in [0.25, 0.3) is 0 Å². The van der Waals surface area contributed by atoms with E-state index in [0.29, 0.717) is 13.0 Å². The van der Waals surface area contributed by atoms with Crippen molar-refractivity contribution >= 4 is 23.7 Å². The van der Waals surface area contributed by atoms with Crippen LogP contribution < -0.4 is 21.7 Å². The highest BCUT2D eigenvalue weighted by atomic mass is 16.4. The molecule has 22 heavy (non-hydrogen) atoms. The van der Waals surface area contributed by atoms with E-state index in [1.54, 1.807) is 0 Å². The van der Waals surface area contributed by atoms with Gasteiger partial charge in [0.1, 0.15) is 12.1 Å². The van der Waals surface area contributed by atoms with E-state index in [2.05, 4.69) is 16.0 Å². The first-order valence-corrected chi connectivity index (χ1v) is 6.81. The van der Waals surface area contributed by atoms with Crippen molar-refractivity contribution in [1.29, 1.82) is 0 Å². The number of carbonyl (C=O) groups is 4. The molecule has 124 valence electrons. The van der Waals surface area contributed by atoms with E-state index in [4.69, 9.17) is 10.8 Å². The molecule has 3 amide bonds. The molecule has 1 heterocycles. The average molecular weight is 316 g/mol. The molecule has 1 aliphatic rings. The lowest BCUT2D eigenvalue weighted by atomic mass is 10.1. The van der Waals surface area contributed by atoms with Crippen LogP contribution in [0.25, 0.3) is 0 Å². The summed E-state index contributed by atoms with van der Waals surface area (Å²) < 4.78 is 0. The number of hydrogen-bond donors (Lipinski definition) is 6. The van der Waals surface area contributed by atoms with E-state index in [0.717, 1.165) is 6.42 Å². The van der Waals surface area contributed by atoms with E-state index in [1.165, 1.54) is 0 Å². The number of hydrogen-bond acceptors (Lipinski definition) is 6. The van der Waals surface area contributed by atoms with Crippen LogP contribution in [0, 0.1) is 0 Å². The number of carbonyl (C=O) groups excluding carboxylic acids is 3. The summed E-state index contributed by atoms with van der Waals surface area (Å²) >= 11 is 0. The smallest absolute Gasteiger partial charge is 0.326 e. The normalized spacial score (nSPS) is 20.0. The Morgan fingerprint density at radius 2 is 1.91 bits per heavy atom. The molecule has 0 aliphatic carbocycles. The van der Waals surface area contributed by atoms with E-state index in [-0.39, 0.29) is 0 Å². The molecule has 10 nitrogen and oxygen atoms in total. The van der Waals surface area contributed by atoms with Crippen molar-refractivity contribution < 1.29 is 29.4 Å². The number of aliphatic hydroxyl groups excluding tert-OH is 1. The van der Waals surface area contributed by atoms with Crippen molar-refractivity contribution in [3.05, 3.63) is 0 Å². The molecule has 1 rings (SSSR count). The van der Waals surface area contributed by atoms with Gasteiger partial charge in [-0.15, -0.1) is 0 Å². The Kier molecular flexibility index (Phi) is 6.73. The highest BCUT2D eigenvalue weighted by Crippen LogP contribution is 2.05. The van der Waals surface area contributed by atoms with Gasteiger partial charge in [-0.2, -0.15) is 0 Å². The molecule has 0 aromatic rings. The second-order valence-corrected chi connectivity index (χ2v) is 4.96. The Bertz CT molecular complexity index is 449. The summed E-state index contributed by atoms with van der Waals surface area (Å²) in [5.41, 5.74) is 4.90. The largest absolute Gasteiger partial charge is 0.480 e. The van der Waals surface area contributed by atoms with Crippen molar-refractivity contribution in [1.82, 2.24) is 16.0 Å². The molecule has 0 spiro atoms. The van der Waals surface area contributed by atoms with Crippen molar-refractivity contribution in [2.45, 2.75) is 37.4 Å². The Morgan fingerprint density at radius 3 is 2.36 bits per heavy atom. The van der Waals surface area contributed by atoms with Gasteiger partial charge in [0.2, 0.25) is 17.7 Å². The molecule has 0 saturated carbocycles. The monoisotopic (exact) mass is 316 g/mol. The minimum Gasteiger partial charge on any atom is -0.480 e. The van der Waals surface area contributed by atoms with Gasteiger partial charge in [0.15, 0.2) is 0 Å². The summed E-state index contributed by atoms with van der Waals surface area (Å²) in [4.78, 5) is 45.5. The molecule has 3 atom stereocenters. The minimum atomic E-state index is -1.51. The third kappa shape index (κ3) is 5.30. The zero-order valence-corrected chi connectivity index (χ0v) is 11.9. The summed E-state index contributed by atoms with van der Waals surface area (Å²) in [6.45, 7) is -0.0129. The standard InChI is InChI=1S/C12H20N4O6/c13-9(18)4-7(12(21)22)15-11(20)8(5-17)16-10(19)6-2-1-3-14-6/h6-8,14,17H,1-5H2,(H2,13,18)(H,15,20)(H,16,19)(H,21,22). The predicted molar refractivity (Wildman–Crippen MR) is 73.4 cm³/mol. The summed E-state index contributed by atoms with van der Waals surface area (Å²) in [5, 5.41) is 25.4. The van der Waals surface area contributed by atoms with Gasteiger partial charge >= 0.3 is 5.97 Å². The summed E-state index contributed by atoms with van der Waals surface area (Å²) in [7, 11) is 0. The van der Waals surface area contributed by atoms with Crippen LogP contribution in [0.4, 0.5) is 0 Å². The van der Waals surface area contributed by atoms with Gasteiger partial charge in [-0.25, -0.2) is 4.79 Å². The number of primary amides is 1. The van der Waals surface area contributed by atoms with Gasteiger partial charge in [-0.1, -0.05) is 0 Å². The highest BCUT2D eigenvalue weighted by molar-refractivity contribution is 5.93. The molecule has 0 aromatic carbocycles. The SMILES string of the molecule is NC(=O)CC(NC(=O)C(CO)NC(=O)C1CCCN1)C(=O)O. The minimum absolute atomic E-state index is 0.442. The van der Waals surface area contributed by atoms with Crippen LogP contribution in [0.1, 0.15) is 19.3 Å². The van der Waals surface area contributed by atoms with Crippen LogP contribution in [-0.2, 0) is 19.2 Å². The van der Waals surface area contributed by atoms with Crippen LogP contribution in [0.15, 0.2) is 0 Å². The lowest BCUT2D eigenvalue weighted by Gasteiger charge is -2.21. The topological polar surface area (TPSA) is 171 Å². The molecule has 0 aromatic heterocycles. The second-order valence-electron chi connectivity index (χ2n) is 4.96. The number of aliphatic hydroxyl groups is 1. The molecule has 0 radical (unpaired) electrons. The third-order valence-corrected chi connectivity index (χ3v) is 3.21. The molecule has 0 bridgehead atoms. The first kappa shape index (κ1) is 17.9. The molecular formula is C12H20N4O6. The number of carboxylic acid groups (broad SMARTS) is 1. The van der Waals surface area contributed by atoms with Gasteiger partial charge in [0, 0.05) is 0 Å². The van der Waals surface area contributed by atoms with E-state index >= 15 is 0 Å². The molecule has 1 aliphatic heterocycles. The second kappa shape index (κ2) is 8.29. The van der Waals surface area contributed by atoms with Crippen LogP contribution in [0.3, 0.4) is 0 Å². The Morgan fingerprint density at radius 1 is 1.23 bits per heavy atom. The fraction of sp³-hybridized carbons (Fsp3) is 0.667. The first-order chi connectivity index (χ1) is 10.3. The zero-order valence-electron chi connectivity index (χ0n) is 11.9. The van der Waals surface area contributed by atoms with Crippen molar-refractivity contribution in [3.8, 4) is 0 Å². The number of rotatable bonds is 8. The Labute approximate surface area is 126 Å². The number of amides is 3. The van der Waals surface area contributed by atoms with E-state index < -0.39 is 54.8 Å². The van der Waals surface area contributed by atoms with Crippen molar-refractivity contribution in [3.63, 3.8) is 0 Å². The molecular weight excluding hydrogens is 296 g/mol.